The summed E-state index contributed by atoms with van der Waals surface area (Å²) < 4.78 is 10.5. The van der Waals surface area contributed by atoms with Crippen LogP contribution in [0, 0.1) is 5.92 Å². The van der Waals surface area contributed by atoms with Crippen LogP contribution >= 0.6 is 0 Å². The first kappa shape index (κ1) is 15.0. The average Bonchev–Trinajstić information content (AvgIpc) is 2.77. The van der Waals surface area contributed by atoms with Gasteiger partial charge in [0.15, 0.2) is 0 Å². The van der Waals surface area contributed by atoms with Crippen LogP contribution in [0.3, 0.4) is 0 Å². The number of anilines is 1. The van der Waals surface area contributed by atoms with Gasteiger partial charge in [0.1, 0.15) is 6.26 Å². The van der Waals surface area contributed by atoms with E-state index in [-0.39, 0.29) is 0 Å². The SMILES string of the molecule is COCCCN(C)c1nc(CNCC(C)C)co1. The van der Waals surface area contributed by atoms with Gasteiger partial charge >= 0.3 is 0 Å². The number of nitrogens with one attached hydrogen (secondary N) is 1. The molecule has 0 atom stereocenters. The van der Waals surface area contributed by atoms with Crippen molar-refractivity contribution < 1.29 is 9.15 Å². The van der Waals surface area contributed by atoms with E-state index in [4.69, 9.17) is 9.15 Å². The van der Waals surface area contributed by atoms with Crippen LogP contribution in [-0.2, 0) is 11.3 Å². The highest BCUT2D eigenvalue weighted by Crippen LogP contribution is 2.12. The summed E-state index contributed by atoms with van der Waals surface area (Å²) >= 11 is 0. The van der Waals surface area contributed by atoms with Crippen molar-refractivity contribution in [3.8, 4) is 0 Å². The Morgan fingerprint density at radius 2 is 2.28 bits per heavy atom. The van der Waals surface area contributed by atoms with Crippen molar-refractivity contribution in [2.75, 3.05) is 38.8 Å². The van der Waals surface area contributed by atoms with E-state index in [0.29, 0.717) is 11.9 Å². The molecular formula is C13H25N3O2. The summed E-state index contributed by atoms with van der Waals surface area (Å²) in [6.07, 6.45) is 2.69. The lowest BCUT2D eigenvalue weighted by molar-refractivity contribution is 0.196. The zero-order valence-electron chi connectivity index (χ0n) is 11.9. The molecule has 0 aliphatic heterocycles. The summed E-state index contributed by atoms with van der Waals surface area (Å²) in [5, 5.41) is 3.34. The number of aromatic nitrogens is 1. The predicted octanol–water partition coefficient (Wildman–Crippen LogP) is 1.89. The van der Waals surface area contributed by atoms with Gasteiger partial charge in [0.05, 0.1) is 5.69 Å². The van der Waals surface area contributed by atoms with Gasteiger partial charge in [0.2, 0.25) is 0 Å². The van der Waals surface area contributed by atoms with Crippen LogP contribution in [0.15, 0.2) is 10.7 Å². The Morgan fingerprint density at radius 1 is 1.50 bits per heavy atom. The van der Waals surface area contributed by atoms with Crippen molar-refractivity contribution >= 4 is 6.01 Å². The lowest BCUT2D eigenvalue weighted by Gasteiger charge is -2.13. The first-order valence-corrected chi connectivity index (χ1v) is 6.48. The fourth-order valence-electron chi connectivity index (χ4n) is 1.58. The minimum absolute atomic E-state index is 0.646. The maximum absolute atomic E-state index is 5.45. The topological polar surface area (TPSA) is 50.5 Å². The van der Waals surface area contributed by atoms with E-state index in [9.17, 15) is 0 Å². The Hall–Kier alpha value is -1.07. The molecule has 0 aromatic carbocycles. The zero-order chi connectivity index (χ0) is 13.4. The Kier molecular flexibility index (Phi) is 6.75. The molecule has 18 heavy (non-hydrogen) atoms. The number of hydrogen-bond acceptors (Lipinski definition) is 5. The lowest BCUT2D eigenvalue weighted by Crippen LogP contribution is -2.21. The Labute approximate surface area is 110 Å². The van der Waals surface area contributed by atoms with Gasteiger partial charge in [0.25, 0.3) is 6.01 Å². The highest BCUT2D eigenvalue weighted by molar-refractivity contribution is 5.24. The summed E-state index contributed by atoms with van der Waals surface area (Å²) in [6.45, 7) is 7.76. The largest absolute Gasteiger partial charge is 0.432 e. The molecule has 0 saturated heterocycles. The maximum Gasteiger partial charge on any atom is 0.297 e. The Balaban J connectivity index is 2.32. The second-order valence-corrected chi connectivity index (χ2v) is 4.91. The predicted molar refractivity (Wildman–Crippen MR) is 72.8 cm³/mol. The number of methoxy groups -OCH3 is 1. The molecule has 0 amide bonds. The molecule has 0 aliphatic carbocycles. The number of ether oxygens (including phenoxy) is 1. The van der Waals surface area contributed by atoms with Crippen LogP contribution in [0.2, 0.25) is 0 Å². The van der Waals surface area contributed by atoms with E-state index in [0.717, 1.165) is 38.4 Å². The summed E-state index contributed by atoms with van der Waals surface area (Å²) in [6, 6.07) is 0.674. The fourth-order valence-corrected chi connectivity index (χ4v) is 1.58. The second kappa shape index (κ2) is 8.11. The Morgan fingerprint density at radius 3 is 2.94 bits per heavy atom. The molecule has 1 N–H and O–H groups in total. The van der Waals surface area contributed by atoms with E-state index in [2.05, 4.69) is 24.1 Å². The third kappa shape index (κ3) is 5.51. The van der Waals surface area contributed by atoms with E-state index in [1.807, 2.05) is 11.9 Å². The molecule has 1 heterocycles. The summed E-state index contributed by atoms with van der Waals surface area (Å²) in [4.78, 5) is 6.45. The maximum atomic E-state index is 5.45. The summed E-state index contributed by atoms with van der Waals surface area (Å²) in [5.41, 5.74) is 0.948. The molecule has 0 aliphatic rings. The normalized spacial score (nSPS) is 11.2. The van der Waals surface area contributed by atoms with Gasteiger partial charge in [-0.05, 0) is 18.9 Å². The van der Waals surface area contributed by atoms with Crippen LogP contribution in [0.1, 0.15) is 26.0 Å². The van der Waals surface area contributed by atoms with E-state index in [1.165, 1.54) is 0 Å². The van der Waals surface area contributed by atoms with Crippen LogP contribution in [0.5, 0.6) is 0 Å². The molecule has 5 nitrogen and oxygen atoms in total. The highest BCUT2D eigenvalue weighted by atomic mass is 16.5. The van der Waals surface area contributed by atoms with Crippen LogP contribution < -0.4 is 10.2 Å². The molecule has 0 bridgehead atoms. The summed E-state index contributed by atoms with van der Waals surface area (Å²) in [5.74, 6) is 0.646. The van der Waals surface area contributed by atoms with Gasteiger partial charge in [0, 0.05) is 33.9 Å². The molecule has 0 saturated carbocycles. The smallest absolute Gasteiger partial charge is 0.297 e. The molecule has 0 unspecified atom stereocenters. The molecule has 1 aromatic heterocycles. The third-order valence-electron chi connectivity index (χ3n) is 2.57. The minimum Gasteiger partial charge on any atom is -0.432 e. The molecule has 5 heteroatoms. The Bertz CT molecular complexity index is 326. The van der Waals surface area contributed by atoms with Crippen LogP contribution in [0.4, 0.5) is 6.01 Å². The van der Waals surface area contributed by atoms with Crippen molar-refractivity contribution in [1.82, 2.24) is 10.3 Å². The van der Waals surface area contributed by atoms with Crippen LogP contribution in [0.25, 0.3) is 0 Å². The van der Waals surface area contributed by atoms with Crippen molar-refractivity contribution in [3.05, 3.63) is 12.0 Å². The average molecular weight is 255 g/mol. The fraction of sp³-hybridized carbons (Fsp3) is 0.769. The van der Waals surface area contributed by atoms with Crippen molar-refractivity contribution in [2.45, 2.75) is 26.8 Å². The summed E-state index contributed by atoms with van der Waals surface area (Å²) in [7, 11) is 3.69. The molecule has 0 fully saturated rings. The van der Waals surface area contributed by atoms with Gasteiger partial charge in [-0.3, -0.25) is 0 Å². The first-order valence-electron chi connectivity index (χ1n) is 6.48. The van der Waals surface area contributed by atoms with Crippen molar-refractivity contribution in [3.63, 3.8) is 0 Å². The van der Waals surface area contributed by atoms with Crippen molar-refractivity contribution in [1.29, 1.82) is 0 Å². The molecule has 1 rings (SSSR count). The lowest BCUT2D eigenvalue weighted by atomic mass is 10.2. The highest BCUT2D eigenvalue weighted by Gasteiger charge is 2.08. The number of hydrogen-bond donors (Lipinski definition) is 1. The van der Waals surface area contributed by atoms with Crippen LogP contribution in [-0.4, -0.2) is 38.8 Å². The molecular weight excluding hydrogens is 230 g/mol. The molecule has 104 valence electrons. The van der Waals surface area contributed by atoms with Crippen molar-refractivity contribution in [2.24, 2.45) is 5.92 Å². The van der Waals surface area contributed by atoms with Gasteiger partial charge in [-0.2, -0.15) is 4.98 Å². The van der Waals surface area contributed by atoms with Gasteiger partial charge in [-0.25, -0.2) is 0 Å². The number of rotatable bonds is 9. The molecule has 0 spiro atoms. The monoisotopic (exact) mass is 255 g/mol. The molecule has 0 radical (unpaired) electrons. The van der Waals surface area contributed by atoms with E-state index < -0.39 is 0 Å². The van der Waals surface area contributed by atoms with Gasteiger partial charge in [-0.15, -0.1) is 0 Å². The third-order valence-corrected chi connectivity index (χ3v) is 2.57. The van der Waals surface area contributed by atoms with Gasteiger partial charge in [-0.1, -0.05) is 13.8 Å². The van der Waals surface area contributed by atoms with Gasteiger partial charge < -0.3 is 19.4 Å². The standard InChI is InChI=1S/C13H25N3O2/c1-11(2)8-14-9-12-10-18-13(15-12)16(3)6-5-7-17-4/h10-11,14H,5-9H2,1-4H3. The van der Waals surface area contributed by atoms with E-state index >= 15 is 0 Å². The second-order valence-electron chi connectivity index (χ2n) is 4.91. The number of oxazole rings is 1. The first-order chi connectivity index (χ1) is 8.63. The molecule has 1 aromatic rings. The number of nitrogens with zero attached hydrogens (tertiary/aromatic N) is 2. The van der Waals surface area contributed by atoms with E-state index in [1.54, 1.807) is 13.4 Å². The zero-order valence-corrected chi connectivity index (χ0v) is 11.9. The quantitative estimate of drug-likeness (QED) is 0.683. The minimum atomic E-state index is 0.646.